The molecule has 1 aromatic rings. The minimum absolute atomic E-state index is 0.115. The van der Waals surface area contributed by atoms with Gasteiger partial charge in [-0.05, 0) is 20.3 Å². The highest BCUT2D eigenvalue weighted by Crippen LogP contribution is 2.00. The van der Waals surface area contributed by atoms with Gasteiger partial charge in [0.1, 0.15) is 5.82 Å². The summed E-state index contributed by atoms with van der Waals surface area (Å²) in [6.45, 7) is 4.57. The summed E-state index contributed by atoms with van der Waals surface area (Å²) in [6.07, 6.45) is 4.03. The zero-order valence-electron chi connectivity index (χ0n) is 10.1. The average Bonchev–Trinajstić information content (AvgIpc) is 2.29. The van der Waals surface area contributed by atoms with Gasteiger partial charge in [-0.25, -0.2) is 18.1 Å². The number of nitrogens with zero attached hydrogens (tertiary/aromatic N) is 2. The molecule has 0 aliphatic rings. The van der Waals surface area contributed by atoms with Gasteiger partial charge < -0.3 is 5.32 Å². The lowest BCUT2D eigenvalue weighted by Gasteiger charge is -2.06. The van der Waals surface area contributed by atoms with E-state index in [0.29, 0.717) is 25.3 Å². The van der Waals surface area contributed by atoms with Crippen molar-refractivity contribution in [3.05, 3.63) is 18.1 Å². The molecule has 2 N–H and O–H groups in total. The highest BCUT2D eigenvalue weighted by molar-refractivity contribution is 7.89. The summed E-state index contributed by atoms with van der Waals surface area (Å²) in [7, 11) is -3.08. The van der Waals surface area contributed by atoms with Crippen LogP contribution < -0.4 is 10.0 Å². The summed E-state index contributed by atoms with van der Waals surface area (Å²) in [6, 6.07) is 0. The number of anilines is 1. The molecule has 0 radical (unpaired) electrons. The van der Waals surface area contributed by atoms with Crippen LogP contribution in [0.3, 0.4) is 0 Å². The molecule has 0 bridgehead atoms. The zero-order valence-corrected chi connectivity index (χ0v) is 10.9. The molecular formula is C10H18N4O2S. The molecule has 0 amide bonds. The number of hydrogen-bond acceptors (Lipinski definition) is 5. The summed E-state index contributed by atoms with van der Waals surface area (Å²) in [4.78, 5) is 8.22. The second-order valence-corrected chi connectivity index (χ2v) is 5.72. The van der Waals surface area contributed by atoms with E-state index in [4.69, 9.17) is 0 Å². The summed E-state index contributed by atoms with van der Waals surface area (Å²) in [5.41, 5.74) is 0.849. The third-order valence-electron chi connectivity index (χ3n) is 2.12. The van der Waals surface area contributed by atoms with Crippen molar-refractivity contribution in [2.24, 2.45) is 0 Å². The van der Waals surface area contributed by atoms with Crippen LogP contribution in [0.2, 0.25) is 0 Å². The van der Waals surface area contributed by atoms with Gasteiger partial charge in [-0.15, -0.1) is 0 Å². The molecule has 7 heteroatoms. The van der Waals surface area contributed by atoms with E-state index in [1.54, 1.807) is 19.3 Å². The maximum absolute atomic E-state index is 11.1. The molecule has 96 valence electrons. The topological polar surface area (TPSA) is 84.0 Å². The first-order chi connectivity index (χ1) is 8.03. The van der Waals surface area contributed by atoms with E-state index >= 15 is 0 Å². The highest BCUT2D eigenvalue weighted by atomic mass is 32.2. The van der Waals surface area contributed by atoms with Crippen molar-refractivity contribution in [2.45, 2.75) is 20.3 Å². The van der Waals surface area contributed by atoms with Crippen molar-refractivity contribution in [1.82, 2.24) is 14.7 Å². The van der Waals surface area contributed by atoms with Crippen LogP contribution in [0.5, 0.6) is 0 Å². The molecule has 17 heavy (non-hydrogen) atoms. The third-order valence-corrected chi connectivity index (χ3v) is 3.52. The Morgan fingerprint density at radius 1 is 1.29 bits per heavy atom. The lowest BCUT2D eigenvalue weighted by Crippen LogP contribution is -2.27. The molecule has 0 aromatic carbocycles. The van der Waals surface area contributed by atoms with Gasteiger partial charge in [-0.1, -0.05) is 0 Å². The normalized spacial score (nSPS) is 11.4. The standard InChI is InChI=1S/C10H18N4O2S/c1-3-17(15,16)13-6-4-5-12-10-8-11-7-9(2)14-10/h7-8,13H,3-6H2,1-2H3,(H,12,14). The van der Waals surface area contributed by atoms with Crippen molar-refractivity contribution in [1.29, 1.82) is 0 Å². The quantitative estimate of drug-likeness (QED) is 0.697. The second kappa shape index (κ2) is 6.51. The number of nitrogens with one attached hydrogen (secondary N) is 2. The Bertz CT molecular complexity index is 447. The summed E-state index contributed by atoms with van der Waals surface area (Å²) in [5, 5.41) is 3.08. The van der Waals surface area contributed by atoms with Crippen LogP contribution in [0.1, 0.15) is 19.0 Å². The van der Waals surface area contributed by atoms with Crippen molar-refractivity contribution < 1.29 is 8.42 Å². The Morgan fingerprint density at radius 2 is 2.06 bits per heavy atom. The van der Waals surface area contributed by atoms with Gasteiger partial charge >= 0.3 is 0 Å². The number of aromatic nitrogens is 2. The van der Waals surface area contributed by atoms with Gasteiger partial charge in [0.15, 0.2) is 0 Å². The Balaban J connectivity index is 2.21. The second-order valence-electron chi connectivity index (χ2n) is 3.62. The van der Waals surface area contributed by atoms with Crippen LogP contribution in [-0.2, 0) is 10.0 Å². The van der Waals surface area contributed by atoms with Gasteiger partial charge in [0.05, 0.1) is 17.6 Å². The maximum atomic E-state index is 11.1. The summed E-state index contributed by atoms with van der Waals surface area (Å²) in [5.74, 6) is 0.826. The van der Waals surface area contributed by atoms with E-state index in [9.17, 15) is 8.42 Å². The van der Waals surface area contributed by atoms with Crippen molar-refractivity contribution in [3.8, 4) is 0 Å². The minimum atomic E-state index is -3.08. The summed E-state index contributed by atoms with van der Waals surface area (Å²) < 4.78 is 24.7. The Morgan fingerprint density at radius 3 is 2.71 bits per heavy atom. The number of aryl methyl sites for hydroxylation is 1. The van der Waals surface area contributed by atoms with Crippen molar-refractivity contribution in [3.63, 3.8) is 0 Å². The first-order valence-electron chi connectivity index (χ1n) is 5.53. The molecule has 0 spiro atoms. The van der Waals surface area contributed by atoms with Crippen molar-refractivity contribution in [2.75, 3.05) is 24.2 Å². The fourth-order valence-corrected chi connectivity index (χ4v) is 1.84. The monoisotopic (exact) mass is 258 g/mol. The predicted octanol–water partition coefficient (Wildman–Crippen LogP) is 0.526. The van der Waals surface area contributed by atoms with E-state index in [2.05, 4.69) is 20.0 Å². The molecule has 0 unspecified atom stereocenters. The molecule has 0 saturated heterocycles. The van der Waals surface area contributed by atoms with Gasteiger partial charge in [0, 0.05) is 19.3 Å². The zero-order chi connectivity index (χ0) is 12.7. The fraction of sp³-hybridized carbons (Fsp3) is 0.600. The molecule has 1 heterocycles. The molecule has 0 atom stereocenters. The molecule has 0 aliphatic carbocycles. The maximum Gasteiger partial charge on any atom is 0.211 e. The fourth-order valence-electron chi connectivity index (χ4n) is 1.18. The number of rotatable bonds is 7. The molecular weight excluding hydrogens is 240 g/mol. The van der Waals surface area contributed by atoms with Crippen LogP contribution >= 0.6 is 0 Å². The van der Waals surface area contributed by atoms with E-state index in [-0.39, 0.29) is 5.75 Å². The molecule has 0 saturated carbocycles. The molecule has 6 nitrogen and oxygen atoms in total. The average molecular weight is 258 g/mol. The van der Waals surface area contributed by atoms with Crippen molar-refractivity contribution >= 4 is 15.8 Å². The largest absolute Gasteiger partial charge is 0.369 e. The molecule has 0 aliphatic heterocycles. The van der Waals surface area contributed by atoms with Crippen LogP contribution in [0.25, 0.3) is 0 Å². The molecule has 0 fully saturated rings. The van der Waals surface area contributed by atoms with Gasteiger partial charge in [-0.3, -0.25) is 4.98 Å². The number of sulfonamides is 1. The Hall–Kier alpha value is -1.21. The van der Waals surface area contributed by atoms with Crippen LogP contribution in [-0.4, -0.2) is 37.2 Å². The van der Waals surface area contributed by atoms with Crippen LogP contribution in [0.4, 0.5) is 5.82 Å². The SMILES string of the molecule is CCS(=O)(=O)NCCCNc1cncc(C)n1. The van der Waals surface area contributed by atoms with E-state index in [1.165, 1.54) is 0 Å². The smallest absolute Gasteiger partial charge is 0.211 e. The third kappa shape index (κ3) is 5.60. The van der Waals surface area contributed by atoms with E-state index < -0.39 is 10.0 Å². The lowest BCUT2D eigenvalue weighted by atomic mass is 10.4. The number of hydrogen-bond donors (Lipinski definition) is 2. The summed E-state index contributed by atoms with van der Waals surface area (Å²) >= 11 is 0. The Kier molecular flexibility index (Phi) is 5.30. The van der Waals surface area contributed by atoms with Gasteiger partial charge in [0.25, 0.3) is 0 Å². The first-order valence-corrected chi connectivity index (χ1v) is 7.18. The van der Waals surface area contributed by atoms with E-state index in [0.717, 1.165) is 5.69 Å². The van der Waals surface area contributed by atoms with Crippen LogP contribution in [0.15, 0.2) is 12.4 Å². The molecule has 1 aromatic heterocycles. The first kappa shape index (κ1) is 13.9. The van der Waals surface area contributed by atoms with Crippen LogP contribution in [0, 0.1) is 6.92 Å². The van der Waals surface area contributed by atoms with E-state index in [1.807, 2.05) is 6.92 Å². The predicted molar refractivity (Wildman–Crippen MR) is 67.3 cm³/mol. The lowest BCUT2D eigenvalue weighted by molar-refractivity contribution is 0.581. The van der Waals surface area contributed by atoms with Gasteiger partial charge in [0.2, 0.25) is 10.0 Å². The molecule has 1 rings (SSSR count). The van der Waals surface area contributed by atoms with Gasteiger partial charge in [-0.2, -0.15) is 0 Å². The minimum Gasteiger partial charge on any atom is -0.369 e. The Labute approximate surface area is 102 Å². The highest BCUT2D eigenvalue weighted by Gasteiger charge is 2.04.